The predicted octanol–water partition coefficient (Wildman–Crippen LogP) is 7.43. The van der Waals surface area contributed by atoms with Crippen LogP contribution in [0, 0.1) is 17.2 Å². The molecule has 0 spiro atoms. The van der Waals surface area contributed by atoms with Crippen molar-refractivity contribution in [3.8, 4) is 6.07 Å². The Morgan fingerprint density at radius 2 is 1.76 bits per heavy atom. The van der Waals surface area contributed by atoms with Crippen molar-refractivity contribution in [2.45, 2.75) is 128 Å². The number of hydrogen-bond donors (Lipinski definition) is 0. The summed E-state index contributed by atoms with van der Waals surface area (Å²) in [6, 6.07) is 5.01. The molecule has 248 valence electrons. The SMILES string of the molecule is CCCCOC(=O)N1[C@H](C)CC(CCO[C@H]2CC[C@H](N3C(=S)N(c4ccc(C#N)c(C(F)(F)F)c4)C(=O)C3(C)C)CC2)C[C@@H]1C. The highest BCUT2D eigenvalue weighted by atomic mass is 32.1. The lowest BCUT2D eigenvalue weighted by atomic mass is 9.85. The molecule has 1 aromatic rings. The van der Waals surface area contributed by atoms with Gasteiger partial charge in [0.15, 0.2) is 5.11 Å². The number of nitrogens with zero attached hydrogens (tertiary/aromatic N) is 4. The Kier molecular flexibility index (Phi) is 11.1. The highest BCUT2D eigenvalue weighted by Gasteiger charge is 2.52. The molecule has 1 aliphatic carbocycles. The van der Waals surface area contributed by atoms with Crippen LogP contribution in [0.5, 0.6) is 0 Å². The van der Waals surface area contributed by atoms with Gasteiger partial charge in [-0.25, -0.2) is 4.79 Å². The number of amides is 2. The maximum atomic E-state index is 13.6. The van der Waals surface area contributed by atoms with Crippen molar-refractivity contribution in [3.63, 3.8) is 0 Å². The van der Waals surface area contributed by atoms with E-state index in [1.54, 1.807) is 19.9 Å². The number of piperidine rings is 1. The second-order valence-corrected chi connectivity index (χ2v) is 13.6. The molecule has 2 amide bonds. The number of hydrogen-bond acceptors (Lipinski definition) is 6. The quantitative estimate of drug-likeness (QED) is 0.203. The number of carbonyl (C=O) groups is 2. The predicted molar refractivity (Wildman–Crippen MR) is 169 cm³/mol. The van der Waals surface area contributed by atoms with Gasteiger partial charge in [0.25, 0.3) is 5.91 Å². The van der Waals surface area contributed by atoms with E-state index in [4.69, 9.17) is 27.0 Å². The molecule has 2 saturated heterocycles. The Morgan fingerprint density at radius 3 is 2.33 bits per heavy atom. The van der Waals surface area contributed by atoms with Crippen molar-refractivity contribution in [1.82, 2.24) is 9.80 Å². The lowest BCUT2D eigenvalue weighted by molar-refractivity contribution is -0.137. The van der Waals surface area contributed by atoms with Gasteiger partial charge in [-0.2, -0.15) is 18.4 Å². The van der Waals surface area contributed by atoms with Crippen LogP contribution < -0.4 is 4.90 Å². The summed E-state index contributed by atoms with van der Waals surface area (Å²) >= 11 is 5.71. The molecule has 2 heterocycles. The molecule has 1 saturated carbocycles. The summed E-state index contributed by atoms with van der Waals surface area (Å²) in [6.07, 6.45) is 2.79. The van der Waals surface area contributed by atoms with Crippen molar-refractivity contribution in [2.75, 3.05) is 18.1 Å². The van der Waals surface area contributed by atoms with Crippen LogP contribution in [0.2, 0.25) is 0 Å². The van der Waals surface area contributed by atoms with Crippen LogP contribution in [0.25, 0.3) is 0 Å². The molecule has 2 aliphatic heterocycles. The molecular weight excluding hydrogens is 605 g/mol. The molecule has 8 nitrogen and oxygen atoms in total. The first-order valence-corrected chi connectivity index (χ1v) is 16.5. The van der Waals surface area contributed by atoms with Crippen LogP contribution in [0.4, 0.5) is 23.7 Å². The summed E-state index contributed by atoms with van der Waals surface area (Å²) in [5.74, 6) is 0.0679. The topological polar surface area (TPSA) is 86.1 Å². The van der Waals surface area contributed by atoms with Crippen molar-refractivity contribution in [1.29, 1.82) is 5.26 Å². The van der Waals surface area contributed by atoms with Crippen molar-refractivity contribution in [3.05, 3.63) is 29.3 Å². The molecule has 45 heavy (non-hydrogen) atoms. The zero-order valence-corrected chi connectivity index (χ0v) is 27.7. The third-order valence-corrected chi connectivity index (χ3v) is 9.91. The van der Waals surface area contributed by atoms with Gasteiger partial charge in [-0.3, -0.25) is 9.69 Å². The van der Waals surface area contributed by atoms with E-state index in [1.807, 2.05) is 9.80 Å². The monoisotopic (exact) mass is 650 g/mol. The smallest absolute Gasteiger partial charge is 0.417 e. The van der Waals surface area contributed by atoms with Gasteiger partial charge in [0.05, 0.1) is 35.6 Å². The first kappa shape index (κ1) is 35.0. The number of likely N-dealkylation sites (tertiary alicyclic amines) is 1. The molecule has 3 aliphatic rings. The van der Waals surface area contributed by atoms with Crippen LogP contribution in [-0.2, 0) is 20.4 Å². The first-order chi connectivity index (χ1) is 21.2. The van der Waals surface area contributed by atoms with E-state index in [9.17, 15) is 22.8 Å². The van der Waals surface area contributed by atoms with Gasteiger partial charge in [0.1, 0.15) is 5.54 Å². The maximum Gasteiger partial charge on any atom is 0.417 e. The highest BCUT2D eigenvalue weighted by Crippen LogP contribution is 2.41. The van der Waals surface area contributed by atoms with E-state index in [0.29, 0.717) is 19.1 Å². The number of nitriles is 1. The average molecular weight is 651 g/mol. The molecule has 3 atom stereocenters. The Balaban J connectivity index is 1.30. The van der Waals surface area contributed by atoms with Crippen molar-refractivity contribution < 1.29 is 32.2 Å². The minimum atomic E-state index is -4.74. The average Bonchev–Trinajstić information content (AvgIpc) is 3.15. The number of unbranched alkanes of at least 4 members (excludes halogenated alkanes) is 1. The summed E-state index contributed by atoms with van der Waals surface area (Å²) in [5.41, 5.74) is -2.62. The second kappa shape index (κ2) is 14.2. The lowest BCUT2D eigenvalue weighted by Gasteiger charge is -2.42. The fourth-order valence-corrected chi connectivity index (χ4v) is 7.79. The number of halogens is 3. The van der Waals surface area contributed by atoms with Crippen LogP contribution >= 0.6 is 12.2 Å². The third-order valence-electron chi connectivity index (χ3n) is 9.53. The van der Waals surface area contributed by atoms with Crippen LogP contribution in [0.1, 0.15) is 104 Å². The molecule has 0 radical (unpaired) electrons. The third kappa shape index (κ3) is 7.57. The zero-order chi connectivity index (χ0) is 33.1. The number of anilines is 1. The van der Waals surface area contributed by atoms with Gasteiger partial charge >= 0.3 is 12.3 Å². The summed E-state index contributed by atoms with van der Waals surface area (Å²) in [6.45, 7) is 10.8. The van der Waals surface area contributed by atoms with Gasteiger partial charge in [-0.1, -0.05) is 13.3 Å². The van der Waals surface area contributed by atoms with E-state index in [2.05, 4.69) is 20.8 Å². The standard InChI is InChI=1S/C33H45F3N4O4S/c1-6-7-15-44-31(42)38-21(2)17-23(18-22(38)3)14-16-43-27-12-10-25(11-13-27)40-30(45)39(29(41)32(40,4)5)26-9-8-24(20-37)28(19-26)33(34,35)36/h8-9,19,21-23,25,27H,6-7,10-18H2,1-5H3/t21-,22+,23?,25-,27-. The number of benzene rings is 1. The minimum Gasteiger partial charge on any atom is -0.449 e. The fourth-order valence-electron chi connectivity index (χ4n) is 7.22. The number of alkyl halides is 3. The van der Waals surface area contributed by atoms with Gasteiger partial charge in [0.2, 0.25) is 0 Å². The van der Waals surface area contributed by atoms with Gasteiger partial charge in [-0.15, -0.1) is 0 Å². The molecule has 1 aromatic carbocycles. The summed E-state index contributed by atoms with van der Waals surface area (Å²) in [7, 11) is 0. The molecule has 0 N–H and O–H groups in total. The minimum absolute atomic E-state index is 0.00627. The molecule has 0 bridgehead atoms. The second-order valence-electron chi connectivity index (χ2n) is 13.2. The summed E-state index contributed by atoms with van der Waals surface area (Å²) in [5, 5.41) is 9.34. The largest absolute Gasteiger partial charge is 0.449 e. The number of rotatable bonds is 9. The van der Waals surface area contributed by atoms with Crippen LogP contribution in [0.15, 0.2) is 18.2 Å². The van der Waals surface area contributed by atoms with Crippen LogP contribution in [-0.4, -0.2) is 69.9 Å². The van der Waals surface area contributed by atoms with E-state index in [-0.39, 0.29) is 41.1 Å². The maximum absolute atomic E-state index is 13.6. The van der Waals surface area contributed by atoms with Gasteiger partial charge in [-0.05, 0) is 115 Å². The van der Waals surface area contributed by atoms with E-state index >= 15 is 0 Å². The summed E-state index contributed by atoms with van der Waals surface area (Å²) in [4.78, 5) is 31.0. The molecule has 3 fully saturated rings. The Labute approximate surface area is 269 Å². The molecular formula is C33H45F3N4O4S. The molecule has 0 aromatic heterocycles. The van der Waals surface area contributed by atoms with Gasteiger partial charge in [0, 0.05) is 24.7 Å². The van der Waals surface area contributed by atoms with Crippen LogP contribution in [0.3, 0.4) is 0 Å². The van der Waals surface area contributed by atoms with Crippen molar-refractivity contribution >= 4 is 35.0 Å². The fraction of sp³-hybridized carbons (Fsp3) is 0.697. The number of ether oxygens (including phenoxy) is 2. The van der Waals surface area contributed by atoms with E-state index < -0.39 is 28.7 Å². The Morgan fingerprint density at radius 1 is 1.11 bits per heavy atom. The first-order valence-electron chi connectivity index (χ1n) is 16.1. The molecule has 4 rings (SSSR count). The Bertz CT molecular complexity index is 1280. The number of carbonyl (C=O) groups excluding carboxylic acids is 2. The number of thiocarbonyl (C=S) groups is 1. The Hall–Kier alpha value is -2.91. The summed E-state index contributed by atoms with van der Waals surface area (Å²) < 4.78 is 52.7. The highest BCUT2D eigenvalue weighted by molar-refractivity contribution is 7.80. The lowest BCUT2D eigenvalue weighted by Crippen LogP contribution is -2.51. The molecule has 12 heteroatoms. The zero-order valence-electron chi connectivity index (χ0n) is 26.9. The molecule has 1 unspecified atom stereocenters. The van der Waals surface area contributed by atoms with Crippen molar-refractivity contribution in [2.24, 2.45) is 5.92 Å². The normalized spacial score (nSPS) is 27.1. The van der Waals surface area contributed by atoms with E-state index in [1.165, 1.54) is 11.0 Å². The van der Waals surface area contributed by atoms with E-state index in [0.717, 1.165) is 69.9 Å². The van der Waals surface area contributed by atoms with Gasteiger partial charge < -0.3 is 19.3 Å².